The SMILES string of the molecule is COC(=O)CC1COc2cc(OC3CCc4c(Oc5ncc6ccccc6n5)ccc(F)c43)ccc21. The zero-order chi connectivity index (χ0) is 24.6. The van der Waals surface area contributed by atoms with Gasteiger partial charge in [0.2, 0.25) is 0 Å². The molecule has 36 heavy (non-hydrogen) atoms. The first-order valence-electron chi connectivity index (χ1n) is 11.8. The molecular formula is C28H23FN2O5. The fourth-order valence-corrected chi connectivity index (χ4v) is 4.91. The van der Waals surface area contributed by atoms with Gasteiger partial charge in [-0.25, -0.2) is 9.37 Å². The second kappa shape index (κ2) is 9.11. The molecule has 0 saturated carbocycles. The number of aromatic nitrogens is 2. The van der Waals surface area contributed by atoms with Crippen LogP contribution in [0.4, 0.5) is 4.39 Å². The summed E-state index contributed by atoms with van der Waals surface area (Å²) < 4.78 is 37.7. The highest BCUT2D eigenvalue weighted by molar-refractivity contribution is 5.77. The quantitative estimate of drug-likeness (QED) is 0.325. The highest BCUT2D eigenvalue weighted by Gasteiger charge is 2.32. The van der Waals surface area contributed by atoms with E-state index < -0.39 is 6.10 Å². The van der Waals surface area contributed by atoms with Crippen LogP contribution in [0.15, 0.2) is 60.8 Å². The van der Waals surface area contributed by atoms with Gasteiger partial charge in [0.05, 0.1) is 25.7 Å². The number of para-hydroxylation sites is 1. The van der Waals surface area contributed by atoms with Gasteiger partial charge in [-0.2, -0.15) is 4.98 Å². The lowest BCUT2D eigenvalue weighted by Gasteiger charge is -2.17. The molecule has 2 heterocycles. The molecule has 0 bridgehead atoms. The smallest absolute Gasteiger partial charge is 0.322 e. The molecule has 0 fully saturated rings. The lowest BCUT2D eigenvalue weighted by molar-refractivity contribution is -0.141. The third-order valence-electron chi connectivity index (χ3n) is 6.69. The number of nitrogens with zero attached hydrogens (tertiary/aromatic N) is 2. The number of methoxy groups -OCH3 is 1. The molecule has 2 atom stereocenters. The first-order chi connectivity index (χ1) is 17.6. The molecule has 182 valence electrons. The number of carbonyl (C=O) groups excluding carboxylic acids is 1. The molecule has 6 rings (SSSR count). The number of rotatable bonds is 6. The minimum atomic E-state index is -0.466. The summed E-state index contributed by atoms with van der Waals surface area (Å²) in [4.78, 5) is 20.4. The zero-order valence-corrected chi connectivity index (χ0v) is 19.6. The molecule has 7 nitrogen and oxygen atoms in total. The van der Waals surface area contributed by atoms with E-state index in [1.54, 1.807) is 18.3 Å². The van der Waals surface area contributed by atoms with E-state index in [1.807, 2.05) is 36.4 Å². The average Bonchev–Trinajstić information content (AvgIpc) is 3.50. The Hall–Kier alpha value is -4.20. The highest BCUT2D eigenvalue weighted by atomic mass is 19.1. The third-order valence-corrected chi connectivity index (χ3v) is 6.69. The summed E-state index contributed by atoms with van der Waals surface area (Å²) in [6.07, 6.45) is 2.71. The number of halogens is 1. The van der Waals surface area contributed by atoms with Gasteiger partial charge in [-0.15, -0.1) is 0 Å². The molecule has 0 amide bonds. The van der Waals surface area contributed by atoms with E-state index in [4.69, 9.17) is 18.9 Å². The summed E-state index contributed by atoms with van der Waals surface area (Å²) in [6.45, 7) is 0.409. The van der Waals surface area contributed by atoms with Crippen LogP contribution in [0, 0.1) is 5.82 Å². The van der Waals surface area contributed by atoms with Crippen LogP contribution in [0.5, 0.6) is 23.3 Å². The van der Waals surface area contributed by atoms with Crippen LogP contribution in [0.25, 0.3) is 10.9 Å². The number of hydrogen-bond donors (Lipinski definition) is 0. The Morgan fingerprint density at radius 3 is 2.94 bits per heavy atom. The second-order valence-electron chi connectivity index (χ2n) is 8.88. The van der Waals surface area contributed by atoms with Crippen molar-refractivity contribution < 1.29 is 28.1 Å². The van der Waals surface area contributed by atoms with E-state index in [-0.39, 0.29) is 30.1 Å². The molecule has 2 unspecified atom stereocenters. The van der Waals surface area contributed by atoms with Gasteiger partial charge in [-0.3, -0.25) is 4.79 Å². The summed E-state index contributed by atoms with van der Waals surface area (Å²) in [5, 5.41) is 0.914. The molecule has 3 aromatic carbocycles. The number of hydrogen-bond acceptors (Lipinski definition) is 7. The maximum atomic E-state index is 15.0. The maximum Gasteiger partial charge on any atom is 0.322 e. The number of benzene rings is 3. The van der Waals surface area contributed by atoms with Crippen molar-refractivity contribution in [3.63, 3.8) is 0 Å². The third kappa shape index (κ3) is 4.08. The van der Waals surface area contributed by atoms with Crippen LogP contribution < -0.4 is 14.2 Å². The van der Waals surface area contributed by atoms with Gasteiger partial charge in [-0.1, -0.05) is 24.3 Å². The molecule has 0 spiro atoms. The van der Waals surface area contributed by atoms with Crippen molar-refractivity contribution >= 4 is 16.9 Å². The second-order valence-corrected chi connectivity index (χ2v) is 8.88. The Kier molecular flexibility index (Phi) is 5.64. The van der Waals surface area contributed by atoms with Gasteiger partial charge >= 0.3 is 12.0 Å². The van der Waals surface area contributed by atoms with Gasteiger partial charge in [-0.05, 0) is 37.1 Å². The van der Waals surface area contributed by atoms with Gasteiger partial charge in [0, 0.05) is 40.3 Å². The highest BCUT2D eigenvalue weighted by Crippen LogP contribution is 2.44. The summed E-state index contributed by atoms with van der Waals surface area (Å²) in [6, 6.07) is 16.4. The topological polar surface area (TPSA) is 79.8 Å². The van der Waals surface area contributed by atoms with E-state index in [0.29, 0.717) is 42.3 Å². The summed E-state index contributed by atoms with van der Waals surface area (Å²) >= 11 is 0. The molecular weight excluding hydrogens is 463 g/mol. The van der Waals surface area contributed by atoms with E-state index in [0.717, 1.165) is 22.0 Å². The van der Waals surface area contributed by atoms with Crippen LogP contribution in [0.3, 0.4) is 0 Å². The van der Waals surface area contributed by atoms with Crippen molar-refractivity contribution in [2.75, 3.05) is 13.7 Å². The molecule has 0 N–H and O–H groups in total. The lowest BCUT2D eigenvalue weighted by Crippen LogP contribution is -2.09. The summed E-state index contributed by atoms with van der Waals surface area (Å²) in [7, 11) is 1.37. The monoisotopic (exact) mass is 486 g/mol. The summed E-state index contributed by atoms with van der Waals surface area (Å²) in [5.41, 5.74) is 2.96. The Labute approximate surface area is 206 Å². The van der Waals surface area contributed by atoms with Gasteiger partial charge in [0.25, 0.3) is 0 Å². The van der Waals surface area contributed by atoms with Crippen molar-refractivity contribution in [2.24, 2.45) is 0 Å². The van der Waals surface area contributed by atoms with Crippen LogP contribution in [0.1, 0.15) is 41.6 Å². The predicted molar refractivity (Wildman–Crippen MR) is 129 cm³/mol. The van der Waals surface area contributed by atoms with Gasteiger partial charge in [0.1, 0.15) is 29.2 Å². The fourth-order valence-electron chi connectivity index (χ4n) is 4.91. The number of fused-ring (bicyclic) bond motifs is 3. The first kappa shape index (κ1) is 22.3. The Balaban J connectivity index is 1.23. The molecule has 1 aliphatic carbocycles. The van der Waals surface area contributed by atoms with E-state index in [2.05, 4.69) is 9.97 Å². The van der Waals surface area contributed by atoms with Crippen molar-refractivity contribution in [3.05, 3.63) is 83.3 Å². The number of ether oxygens (including phenoxy) is 4. The first-order valence-corrected chi connectivity index (χ1v) is 11.8. The minimum Gasteiger partial charge on any atom is -0.492 e. The summed E-state index contributed by atoms with van der Waals surface area (Å²) in [5.74, 6) is 1.11. The molecule has 2 aliphatic rings. The Bertz CT molecular complexity index is 1470. The van der Waals surface area contributed by atoms with Crippen molar-refractivity contribution in [3.8, 4) is 23.3 Å². The Morgan fingerprint density at radius 1 is 1.17 bits per heavy atom. The van der Waals surface area contributed by atoms with Gasteiger partial charge in [0.15, 0.2) is 0 Å². The Morgan fingerprint density at radius 2 is 2.06 bits per heavy atom. The van der Waals surface area contributed by atoms with Crippen LogP contribution in [-0.2, 0) is 16.0 Å². The van der Waals surface area contributed by atoms with E-state index in [9.17, 15) is 9.18 Å². The predicted octanol–water partition coefficient (Wildman–Crippen LogP) is 5.67. The van der Waals surface area contributed by atoms with Crippen LogP contribution in [0.2, 0.25) is 0 Å². The van der Waals surface area contributed by atoms with Gasteiger partial charge < -0.3 is 18.9 Å². The largest absolute Gasteiger partial charge is 0.492 e. The van der Waals surface area contributed by atoms with Crippen molar-refractivity contribution in [2.45, 2.75) is 31.3 Å². The molecule has 0 radical (unpaired) electrons. The maximum absolute atomic E-state index is 15.0. The molecule has 1 aromatic heterocycles. The molecule has 0 saturated heterocycles. The van der Waals surface area contributed by atoms with Crippen molar-refractivity contribution in [1.29, 1.82) is 0 Å². The molecule has 1 aliphatic heterocycles. The number of carbonyl (C=O) groups is 1. The van der Waals surface area contributed by atoms with E-state index >= 15 is 0 Å². The van der Waals surface area contributed by atoms with Crippen LogP contribution >= 0.6 is 0 Å². The van der Waals surface area contributed by atoms with E-state index in [1.165, 1.54) is 13.2 Å². The number of esters is 1. The van der Waals surface area contributed by atoms with Crippen LogP contribution in [-0.4, -0.2) is 29.7 Å². The molecule has 8 heteroatoms. The van der Waals surface area contributed by atoms with Crippen molar-refractivity contribution in [1.82, 2.24) is 9.97 Å². The average molecular weight is 486 g/mol. The zero-order valence-electron chi connectivity index (χ0n) is 19.6. The standard InChI is InChI=1S/C28H23FN2O5/c1-33-26(32)12-17-15-34-25-13-18(6-7-19(17)25)35-24-10-8-20-23(11-9-21(29)27(20)24)36-28-30-14-16-4-2-3-5-22(16)31-28/h2-7,9,11,13-14,17,24H,8,10,12,15H2,1H3. The minimum absolute atomic E-state index is 0.0526. The lowest BCUT2D eigenvalue weighted by atomic mass is 9.98. The fraction of sp³-hybridized carbons (Fsp3) is 0.250. The normalized spacial score (nSPS) is 17.8. The molecule has 4 aromatic rings.